The van der Waals surface area contributed by atoms with E-state index < -0.39 is 0 Å². The summed E-state index contributed by atoms with van der Waals surface area (Å²) in [4.78, 5) is 13.0. The minimum absolute atomic E-state index is 0.217. The van der Waals surface area contributed by atoms with E-state index in [2.05, 4.69) is 19.8 Å². The Morgan fingerprint density at radius 2 is 1.92 bits per heavy atom. The van der Waals surface area contributed by atoms with Crippen molar-refractivity contribution in [3.05, 3.63) is 54.0 Å². The van der Waals surface area contributed by atoms with Crippen molar-refractivity contribution in [3.63, 3.8) is 0 Å². The van der Waals surface area contributed by atoms with Crippen molar-refractivity contribution < 1.29 is 9.13 Å². The number of piperazine rings is 1. The molecule has 0 spiro atoms. The summed E-state index contributed by atoms with van der Waals surface area (Å²) in [6.07, 6.45) is 1.70. The number of rotatable bonds is 5. The number of anilines is 1. The Hall–Kier alpha value is -2.83. The van der Waals surface area contributed by atoms with Crippen LogP contribution in [0.25, 0.3) is 0 Å². The molecule has 2 aromatic rings. The number of aromatic nitrogens is 1. The van der Waals surface area contributed by atoms with Gasteiger partial charge in [0.25, 0.3) is 0 Å². The van der Waals surface area contributed by atoms with E-state index in [9.17, 15) is 4.39 Å². The molecule has 0 bridgehead atoms. The molecule has 138 valence electrons. The molecule has 1 saturated heterocycles. The normalized spacial score (nSPS) is 15.2. The van der Waals surface area contributed by atoms with E-state index in [0.29, 0.717) is 25.0 Å². The average molecular weight is 357 g/mol. The van der Waals surface area contributed by atoms with Crippen molar-refractivity contribution in [1.82, 2.24) is 9.88 Å². The number of benzene rings is 1. The van der Waals surface area contributed by atoms with Gasteiger partial charge in [-0.2, -0.15) is 0 Å². The van der Waals surface area contributed by atoms with Gasteiger partial charge in [-0.3, -0.25) is 0 Å². The van der Waals surface area contributed by atoms with Gasteiger partial charge < -0.3 is 20.3 Å². The standard InChI is InChI=1S/C19H24FN5O/c1-2-26-18-15(4-3-9-22-18)14-23-19(21)25-12-10-24(11-13-25)17-7-5-16(20)6-8-17/h3-9H,2,10-14H2,1H3,(H2,21,23). The van der Waals surface area contributed by atoms with Crippen molar-refractivity contribution in [1.29, 1.82) is 0 Å². The highest BCUT2D eigenvalue weighted by Crippen LogP contribution is 2.18. The molecule has 0 aliphatic carbocycles. The molecule has 2 heterocycles. The number of halogens is 1. The van der Waals surface area contributed by atoms with Crippen LogP contribution in [0.3, 0.4) is 0 Å². The van der Waals surface area contributed by atoms with E-state index in [4.69, 9.17) is 10.5 Å². The van der Waals surface area contributed by atoms with Gasteiger partial charge in [0.15, 0.2) is 5.96 Å². The number of hydrogen-bond acceptors (Lipinski definition) is 4. The number of aliphatic imine (C=N–C) groups is 1. The van der Waals surface area contributed by atoms with Crippen molar-refractivity contribution in [2.45, 2.75) is 13.5 Å². The number of nitrogens with two attached hydrogens (primary N) is 1. The zero-order valence-corrected chi connectivity index (χ0v) is 14.9. The molecule has 1 aliphatic heterocycles. The lowest BCUT2D eigenvalue weighted by Crippen LogP contribution is -2.51. The van der Waals surface area contributed by atoms with E-state index >= 15 is 0 Å². The highest BCUT2D eigenvalue weighted by molar-refractivity contribution is 5.78. The number of nitrogens with zero attached hydrogens (tertiary/aromatic N) is 4. The van der Waals surface area contributed by atoms with Gasteiger partial charge in [-0.25, -0.2) is 14.4 Å². The molecule has 0 amide bonds. The van der Waals surface area contributed by atoms with Gasteiger partial charge in [-0.15, -0.1) is 0 Å². The fourth-order valence-electron chi connectivity index (χ4n) is 2.92. The summed E-state index contributed by atoms with van der Waals surface area (Å²) >= 11 is 0. The van der Waals surface area contributed by atoms with Crippen molar-refractivity contribution >= 4 is 11.6 Å². The first-order valence-corrected chi connectivity index (χ1v) is 8.79. The van der Waals surface area contributed by atoms with Gasteiger partial charge in [0.05, 0.1) is 13.2 Å². The van der Waals surface area contributed by atoms with Crippen LogP contribution in [0.4, 0.5) is 10.1 Å². The van der Waals surface area contributed by atoms with Gasteiger partial charge in [0.2, 0.25) is 5.88 Å². The predicted octanol–water partition coefficient (Wildman–Crippen LogP) is 2.26. The molecular weight excluding hydrogens is 333 g/mol. The largest absolute Gasteiger partial charge is 0.478 e. The second-order valence-electron chi connectivity index (χ2n) is 6.03. The van der Waals surface area contributed by atoms with Crippen LogP contribution in [0, 0.1) is 5.82 Å². The molecular formula is C19H24FN5O. The van der Waals surface area contributed by atoms with Gasteiger partial charge in [0.1, 0.15) is 5.82 Å². The van der Waals surface area contributed by atoms with Crippen LogP contribution in [0.2, 0.25) is 0 Å². The van der Waals surface area contributed by atoms with Crippen molar-refractivity contribution in [2.24, 2.45) is 10.7 Å². The third kappa shape index (κ3) is 4.41. The van der Waals surface area contributed by atoms with Crippen molar-refractivity contribution in [3.8, 4) is 5.88 Å². The van der Waals surface area contributed by atoms with Crippen LogP contribution in [0.15, 0.2) is 47.6 Å². The fourth-order valence-corrected chi connectivity index (χ4v) is 2.92. The van der Waals surface area contributed by atoms with Crippen LogP contribution in [0.5, 0.6) is 5.88 Å². The average Bonchev–Trinajstić information content (AvgIpc) is 2.68. The van der Waals surface area contributed by atoms with E-state index in [1.807, 2.05) is 19.1 Å². The van der Waals surface area contributed by atoms with Gasteiger partial charge >= 0.3 is 0 Å². The summed E-state index contributed by atoms with van der Waals surface area (Å²) in [7, 11) is 0. The SMILES string of the molecule is CCOc1ncccc1CN=C(N)N1CCN(c2ccc(F)cc2)CC1. The topological polar surface area (TPSA) is 67.0 Å². The number of guanidine groups is 1. The monoisotopic (exact) mass is 357 g/mol. The zero-order valence-electron chi connectivity index (χ0n) is 14.9. The fraction of sp³-hybridized carbons (Fsp3) is 0.368. The predicted molar refractivity (Wildman–Crippen MR) is 101 cm³/mol. The van der Waals surface area contributed by atoms with Crippen LogP contribution in [-0.2, 0) is 6.54 Å². The molecule has 0 unspecified atom stereocenters. The third-order valence-corrected chi connectivity index (χ3v) is 4.34. The van der Waals surface area contributed by atoms with Crippen LogP contribution in [-0.4, -0.2) is 48.6 Å². The summed E-state index contributed by atoms with van der Waals surface area (Å²) in [5.41, 5.74) is 8.12. The van der Waals surface area contributed by atoms with Crippen molar-refractivity contribution in [2.75, 3.05) is 37.7 Å². The molecule has 2 N–H and O–H groups in total. The molecule has 0 atom stereocenters. The lowest BCUT2D eigenvalue weighted by atomic mass is 10.2. The minimum atomic E-state index is -0.217. The quantitative estimate of drug-likeness (QED) is 0.657. The maximum Gasteiger partial charge on any atom is 0.218 e. The first-order chi connectivity index (χ1) is 12.7. The van der Waals surface area contributed by atoms with Crippen LogP contribution < -0.4 is 15.4 Å². The summed E-state index contributed by atoms with van der Waals surface area (Å²) in [6, 6.07) is 10.4. The lowest BCUT2D eigenvalue weighted by molar-refractivity contribution is 0.323. The first kappa shape index (κ1) is 18.0. The van der Waals surface area contributed by atoms with Crippen LogP contribution in [0.1, 0.15) is 12.5 Å². The molecule has 26 heavy (non-hydrogen) atoms. The maximum absolute atomic E-state index is 13.1. The van der Waals surface area contributed by atoms with Crippen LogP contribution >= 0.6 is 0 Å². The molecule has 1 aliphatic rings. The first-order valence-electron chi connectivity index (χ1n) is 8.79. The molecule has 0 radical (unpaired) electrons. The Morgan fingerprint density at radius 3 is 2.62 bits per heavy atom. The Kier molecular flexibility index (Phi) is 5.88. The van der Waals surface area contributed by atoms with Gasteiger partial charge in [-0.05, 0) is 37.3 Å². The molecule has 3 rings (SSSR count). The van der Waals surface area contributed by atoms with Gasteiger partial charge in [0, 0.05) is 43.6 Å². The van der Waals surface area contributed by atoms with E-state index in [1.54, 1.807) is 18.3 Å². The maximum atomic E-state index is 13.1. The summed E-state index contributed by atoms with van der Waals surface area (Å²) in [5, 5.41) is 0. The Bertz CT molecular complexity index is 742. The number of pyridine rings is 1. The summed E-state index contributed by atoms with van der Waals surface area (Å²) in [6.45, 7) is 6.12. The Labute approximate surface area is 153 Å². The number of hydrogen-bond donors (Lipinski definition) is 1. The molecule has 7 heteroatoms. The third-order valence-electron chi connectivity index (χ3n) is 4.34. The van der Waals surface area contributed by atoms with Gasteiger partial charge in [-0.1, -0.05) is 6.07 Å². The van der Waals surface area contributed by atoms with E-state index in [0.717, 1.165) is 37.4 Å². The highest BCUT2D eigenvalue weighted by atomic mass is 19.1. The second-order valence-corrected chi connectivity index (χ2v) is 6.03. The smallest absolute Gasteiger partial charge is 0.218 e. The lowest BCUT2D eigenvalue weighted by Gasteiger charge is -2.36. The molecule has 1 aromatic carbocycles. The zero-order chi connectivity index (χ0) is 18.4. The van der Waals surface area contributed by atoms with E-state index in [1.165, 1.54) is 12.1 Å². The summed E-state index contributed by atoms with van der Waals surface area (Å²) < 4.78 is 18.6. The summed E-state index contributed by atoms with van der Waals surface area (Å²) in [5.74, 6) is 0.910. The Morgan fingerprint density at radius 1 is 1.19 bits per heavy atom. The molecule has 6 nitrogen and oxygen atoms in total. The minimum Gasteiger partial charge on any atom is -0.478 e. The number of ether oxygens (including phenoxy) is 1. The highest BCUT2D eigenvalue weighted by Gasteiger charge is 2.18. The molecule has 1 fully saturated rings. The van der Waals surface area contributed by atoms with E-state index in [-0.39, 0.29) is 5.82 Å². The molecule has 1 aromatic heterocycles. The Balaban J connectivity index is 1.57. The molecule has 0 saturated carbocycles. The second kappa shape index (κ2) is 8.51.